The molecule has 1 fully saturated rings. The quantitative estimate of drug-likeness (QED) is 0.288. The highest BCUT2D eigenvalue weighted by atomic mass is 19.1. The number of aliphatic hydroxyl groups excluding tert-OH is 1. The molecule has 0 bridgehead atoms. The van der Waals surface area contributed by atoms with Crippen molar-refractivity contribution in [2.45, 2.75) is 33.7 Å². The smallest absolute Gasteiger partial charge is 0.300 e. The first-order chi connectivity index (χ1) is 16.2. The molecule has 6 nitrogen and oxygen atoms in total. The zero-order chi connectivity index (χ0) is 24.6. The lowest BCUT2D eigenvalue weighted by atomic mass is 9.98. The van der Waals surface area contributed by atoms with Gasteiger partial charge >= 0.3 is 0 Å². The zero-order valence-corrected chi connectivity index (χ0v) is 19.5. The van der Waals surface area contributed by atoms with Gasteiger partial charge in [0.25, 0.3) is 11.7 Å². The SMILES string of the molecule is Cc1ccc(C2/C(=C(/O)c3ccc(OCC(C)C)c(C)c3)C(=O)C(=O)N2c2ccc(F)cc2)o1. The second-order valence-corrected chi connectivity index (χ2v) is 8.78. The molecule has 0 spiro atoms. The predicted octanol–water partition coefficient (Wildman–Crippen LogP) is 5.70. The molecule has 7 heteroatoms. The minimum atomic E-state index is -1.00. The molecule has 1 aliphatic rings. The number of furan rings is 1. The molecule has 1 aromatic heterocycles. The molecule has 1 aliphatic heterocycles. The molecule has 2 aromatic carbocycles. The molecular weight excluding hydrogens is 437 g/mol. The van der Waals surface area contributed by atoms with E-state index in [0.29, 0.717) is 41.0 Å². The van der Waals surface area contributed by atoms with Gasteiger partial charge in [0.05, 0.1) is 12.2 Å². The van der Waals surface area contributed by atoms with Crippen LogP contribution in [0.25, 0.3) is 5.76 Å². The second-order valence-electron chi connectivity index (χ2n) is 8.78. The lowest BCUT2D eigenvalue weighted by Gasteiger charge is -2.23. The van der Waals surface area contributed by atoms with Crippen LogP contribution in [0.5, 0.6) is 5.75 Å². The van der Waals surface area contributed by atoms with Crippen molar-refractivity contribution in [3.05, 3.63) is 88.6 Å². The first-order valence-corrected chi connectivity index (χ1v) is 11.0. The predicted molar refractivity (Wildman–Crippen MR) is 126 cm³/mol. The molecule has 0 saturated carbocycles. The van der Waals surface area contributed by atoms with Gasteiger partial charge in [-0.15, -0.1) is 0 Å². The third-order valence-corrected chi connectivity index (χ3v) is 5.60. The Hall–Kier alpha value is -3.87. The standard InChI is InChI=1S/C27H26FNO5/c1-15(2)14-33-21-12-6-18(13-16(21)3)25(30)23-24(22-11-5-17(4)34-22)29(27(32)26(23)31)20-9-7-19(28)8-10-20/h5-13,15,24,30H,14H2,1-4H3/b25-23-. The molecule has 4 rings (SSSR count). The van der Waals surface area contributed by atoms with E-state index in [2.05, 4.69) is 0 Å². The van der Waals surface area contributed by atoms with Gasteiger partial charge in [-0.25, -0.2) is 4.39 Å². The summed E-state index contributed by atoms with van der Waals surface area (Å²) in [5.74, 6) is -0.540. The highest BCUT2D eigenvalue weighted by molar-refractivity contribution is 6.51. The minimum Gasteiger partial charge on any atom is -0.507 e. The van der Waals surface area contributed by atoms with E-state index in [1.807, 2.05) is 20.8 Å². The fraction of sp³-hybridized carbons (Fsp3) is 0.259. The van der Waals surface area contributed by atoms with Crippen LogP contribution in [-0.2, 0) is 9.59 Å². The summed E-state index contributed by atoms with van der Waals surface area (Å²) in [7, 11) is 0. The number of anilines is 1. The van der Waals surface area contributed by atoms with Crippen molar-refractivity contribution in [1.82, 2.24) is 0 Å². The average molecular weight is 464 g/mol. The number of carbonyl (C=O) groups excluding carboxylic acids is 2. The lowest BCUT2D eigenvalue weighted by Crippen LogP contribution is -2.29. The fourth-order valence-electron chi connectivity index (χ4n) is 3.94. The van der Waals surface area contributed by atoms with Crippen molar-refractivity contribution in [2.75, 3.05) is 11.5 Å². The van der Waals surface area contributed by atoms with E-state index >= 15 is 0 Å². The van der Waals surface area contributed by atoms with Crippen molar-refractivity contribution < 1.29 is 28.2 Å². The molecule has 1 unspecified atom stereocenters. The van der Waals surface area contributed by atoms with E-state index in [1.165, 1.54) is 29.2 Å². The zero-order valence-electron chi connectivity index (χ0n) is 19.5. The molecule has 176 valence electrons. The molecule has 1 N–H and O–H groups in total. The molecule has 34 heavy (non-hydrogen) atoms. The van der Waals surface area contributed by atoms with Crippen LogP contribution in [0.1, 0.15) is 42.5 Å². The summed E-state index contributed by atoms with van der Waals surface area (Å²) >= 11 is 0. The highest BCUT2D eigenvalue weighted by Gasteiger charge is 2.48. The molecule has 0 aliphatic carbocycles. The Balaban J connectivity index is 1.82. The second kappa shape index (κ2) is 9.17. The Morgan fingerprint density at radius 2 is 1.79 bits per heavy atom. The van der Waals surface area contributed by atoms with Gasteiger partial charge < -0.3 is 14.3 Å². The van der Waals surface area contributed by atoms with Crippen molar-refractivity contribution >= 4 is 23.1 Å². The number of aliphatic hydroxyl groups is 1. The fourth-order valence-corrected chi connectivity index (χ4v) is 3.94. The number of amides is 1. The van der Waals surface area contributed by atoms with Gasteiger partial charge in [-0.3, -0.25) is 14.5 Å². The van der Waals surface area contributed by atoms with Crippen LogP contribution >= 0.6 is 0 Å². The number of Topliss-reactive ketones (excluding diaryl/α,β-unsaturated/α-hetero) is 1. The molecule has 1 amide bonds. The van der Waals surface area contributed by atoms with E-state index in [1.54, 1.807) is 37.3 Å². The number of benzene rings is 2. The number of carbonyl (C=O) groups is 2. The number of aryl methyl sites for hydroxylation is 2. The largest absolute Gasteiger partial charge is 0.507 e. The van der Waals surface area contributed by atoms with Crippen molar-refractivity contribution in [1.29, 1.82) is 0 Å². The Morgan fingerprint density at radius 3 is 2.38 bits per heavy atom. The van der Waals surface area contributed by atoms with Crippen LogP contribution in [0.15, 0.2) is 64.6 Å². The number of ketones is 1. The Kier molecular flexibility index (Phi) is 6.28. The van der Waals surface area contributed by atoms with Crippen LogP contribution < -0.4 is 9.64 Å². The molecule has 1 atom stereocenters. The van der Waals surface area contributed by atoms with Crippen LogP contribution in [-0.4, -0.2) is 23.4 Å². The normalized spacial score (nSPS) is 17.6. The van der Waals surface area contributed by atoms with Crippen molar-refractivity contribution in [3.8, 4) is 5.75 Å². The van der Waals surface area contributed by atoms with Gasteiger partial charge in [-0.05, 0) is 79.9 Å². The summed E-state index contributed by atoms with van der Waals surface area (Å²) in [6.07, 6.45) is 0. The summed E-state index contributed by atoms with van der Waals surface area (Å²) < 4.78 is 25.1. The van der Waals surface area contributed by atoms with E-state index < -0.39 is 23.5 Å². The number of rotatable bonds is 6. The number of nitrogens with zero attached hydrogens (tertiary/aromatic N) is 1. The summed E-state index contributed by atoms with van der Waals surface area (Å²) in [5, 5.41) is 11.2. The maximum Gasteiger partial charge on any atom is 0.300 e. The highest BCUT2D eigenvalue weighted by Crippen LogP contribution is 2.43. The Morgan fingerprint density at radius 1 is 1.09 bits per heavy atom. The van der Waals surface area contributed by atoms with Crippen molar-refractivity contribution in [3.63, 3.8) is 0 Å². The summed E-state index contributed by atoms with van der Waals surface area (Å²) in [5.41, 5.74) is 1.37. The third-order valence-electron chi connectivity index (χ3n) is 5.60. The maximum atomic E-state index is 13.5. The molecule has 2 heterocycles. The van der Waals surface area contributed by atoms with Gasteiger partial charge in [0.2, 0.25) is 0 Å². The van der Waals surface area contributed by atoms with Crippen LogP contribution in [0.3, 0.4) is 0 Å². The first kappa shape index (κ1) is 23.3. The van der Waals surface area contributed by atoms with Crippen molar-refractivity contribution in [2.24, 2.45) is 5.92 Å². The van der Waals surface area contributed by atoms with Crippen LogP contribution in [0.2, 0.25) is 0 Å². The average Bonchev–Trinajstić information content (AvgIpc) is 3.34. The summed E-state index contributed by atoms with van der Waals surface area (Å²) in [6, 6.07) is 12.7. The molecule has 0 radical (unpaired) electrons. The van der Waals surface area contributed by atoms with E-state index in [4.69, 9.17) is 9.15 Å². The number of ether oxygens (including phenoxy) is 1. The molecule has 3 aromatic rings. The first-order valence-electron chi connectivity index (χ1n) is 11.0. The minimum absolute atomic E-state index is 0.0982. The van der Waals surface area contributed by atoms with E-state index in [0.717, 1.165) is 5.56 Å². The lowest BCUT2D eigenvalue weighted by molar-refractivity contribution is -0.132. The number of hydrogen-bond acceptors (Lipinski definition) is 5. The van der Waals surface area contributed by atoms with Gasteiger partial charge in [0.15, 0.2) is 0 Å². The summed E-state index contributed by atoms with van der Waals surface area (Å²) in [6.45, 7) is 8.23. The van der Waals surface area contributed by atoms with E-state index in [-0.39, 0.29) is 11.3 Å². The topological polar surface area (TPSA) is 80.0 Å². The van der Waals surface area contributed by atoms with Gasteiger partial charge in [-0.1, -0.05) is 13.8 Å². The maximum absolute atomic E-state index is 13.5. The molecule has 1 saturated heterocycles. The molecular formula is C27H26FNO5. The van der Waals surface area contributed by atoms with Gasteiger partial charge in [-0.2, -0.15) is 0 Å². The van der Waals surface area contributed by atoms with Crippen LogP contribution in [0.4, 0.5) is 10.1 Å². The number of hydrogen-bond donors (Lipinski definition) is 1. The monoisotopic (exact) mass is 463 g/mol. The number of halogens is 1. The van der Waals surface area contributed by atoms with Gasteiger partial charge in [0, 0.05) is 11.3 Å². The summed E-state index contributed by atoms with van der Waals surface area (Å²) in [4.78, 5) is 27.4. The van der Waals surface area contributed by atoms with Gasteiger partial charge in [0.1, 0.15) is 34.9 Å². The Labute approximate surface area is 197 Å². The third kappa shape index (κ3) is 4.33. The Bertz CT molecular complexity index is 1270. The van der Waals surface area contributed by atoms with Crippen LogP contribution in [0, 0.1) is 25.6 Å². The van der Waals surface area contributed by atoms with E-state index in [9.17, 15) is 19.1 Å².